The van der Waals surface area contributed by atoms with Crippen molar-refractivity contribution in [3.05, 3.63) is 5.21 Å². The van der Waals surface area contributed by atoms with Gasteiger partial charge in [0.1, 0.15) is 0 Å². The highest BCUT2D eigenvalue weighted by Crippen LogP contribution is 2.58. The van der Waals surface area contributed by atoms with E-state index in [0.29, 0.717) is 11.8 Å². The lowest BCUT2D eigenvalue weighted by molar-refractivity contribution is -0.575. The maximum absolute atomic E-state index is 13.7. The molecule has 0 aromatic carbocycles. The minimum absolute atomic E-state index is 0.0550. The maximum atomic E-state index is 13.7. The first kappa shape index (κ1) is 12.8. The second kappa shape index (κ2) is 4.11. The molecule has 0 saturated heterocycles. The van der Waals surface area contributed by atoms with E-state index >= 15 is 0 Å². The zero-order valence-corrected chi connectivity index (χ0v) is 13.7. The molecule has 0 aliphatic heterocycles. The van der Waals surface area contributed by atoms with E-state index in [2.05, 4.69) is 0 Å². The Morgan fingerprint density at radius 2 is 1.05 bits per heavy atom. The largest absolute Gasteiger partial charge is 0.623 e. The van der Waals surface area contributed by atoms with Gasteiger partial charge in [-0.25, -0.2) is 4.74 Å². The molecule has 0 aromatic rings. The minimum Gasteiger partial charge on any atom is -0.623 e. The van der Waals surface area contributed by atoms with E-state index < -0.39 is 0 Å². The van der Waals surface area contributed by atoms with Crippen LogP contribution >= 0.6 is 0 Å². The van der Waals surface area contributed by atoms with Crippen LogP contribution in [0.4, 0.5) is 0 Å². The van der Waals surface area contributed by atoms with Crippen molar-refractivity contribution in [1.82, 2.24) is 0 Å². The van der Waals surface area contributed by atoms with Gasteiger partial charge in [0.25, 0.3) is 0 Å². The predicted molar refractivity (Wildman–Crippen MR) is 86.6 cm³/mol. The van der Waals surface area contributed by atoms with Crippen LogP contribution in [-0.4, -0.2) is 16.0 Å². The fraction of sp³-hybridized carbons (Fsp3) is 0.950. The third-order valence-electron chi connectivity index (χ3n) is 8.65. The number of hydrogen-bond acceptors (Lipinski definition) is 1. The maximum Gasteiger partial charge on any atom is 0.173 e. The first-order valence-corrected chi connectivity index (χ1v) is 10.0. The zero-order chi connectivity index (χ0) is 14.5. The fourth-order valence-corrected chi connectivity index (χ4v) is 8.59. The summed E-state index contributed by atoms with van der Waals surface area (Å²) in [6, 6.07) is 0. The molecule has 8 bridgehead atoms. The van der Waals surface area contributed by atoms with Gasteiger partial charge in [-0.3, -0.25) is 0 Å². The second-order valence-electron chi connectivity index (χ2n) is 10.2. The lowest BCUT2D eigenvalue weighted by Crippen LogP contribution is -2.59. The van der Waals surface area contributed by atoms with Gasteiger partial charge in [-0.05, 0) is 81.0 Å². The molecule has 0 unspecified atom stereocenters. The topological polar surface area (TPSA) is 26.1 Å². The van der Waals surface area contributed by atoms with Gasteiger partial charge in [-0.1, -0.05) is 0 Å². The lowest BCUT2D eigenvalue weighted by atomic mass is 9.52. The van der Waals surface area contributed by atoms with Crippen molar-refractivity contribution in [3.63, 3.8) is 0 Å². The van der Waals surface area contributed by atoms with Crippen LogP contribution in [0.2, 0.25) is 0 Å². The van der Waals surface area contributed by atoms with Crippen LogP contribution in [0.3, 0.4) is 0 Å². The Morgan fingerprint density at radius 3 is 1.50 bits per heavy atom. The van der Waals surface area contributed by atoms with Crippen LogP contribution in [0.15, 0.2) is 0 Å². The van der Waals surface area contributed by atoms with E-state index in [1.807, 2.05) is 0 Å². The molecule has 0 heterocycles. The molecule has 0 amide bonds. The molecule has 0 aromatic heterocycles. The summed E-state index contributed by atoms with van der Waals surface area (Å²) in [7, 11) is 0. The minimum atomic E-state index is 0.0550. The molecule has 8 rings (SSSR count). The zero-order valence-electron chi connectivity index (χ0n) is 13.7. The molecule has 2 nitrogen and oxygen atoms in total. The van der Waals surface area contributed by atoms with Gasteiger partial charge in [-0.2, -0.15) is 0 Å². The highest BCUT2D eigenvalue weighted by molar-refractivity contribution is 5.86. The van der Waals surface area contributed by atoms with Gasteiger partial charge >= 0.3 is 0 Å². The van der Waals surface area contributed by atoms with Crippen molar-refractivity contribution in [3.8, 4) is 0 Å². The molecule has 0 spiro atoms. The van der Waals surface area contributed by atoms with Gasteiger partial charge in [0.05, 0.1) is 0 Å². The summed E-state index contributed by atoms with van der Waals surface area (Å²) in [6.45, 7) is 0. The number of rotatable bonds is 1. The van der Waals surface area contributed by atoms with Crippen LogP contribution in [0.5, 0.6) is 0 Å². The number of hydrogen-bond donors (Lipinski definition) is 0. The third-order valence-corrected chi connectivity index (χ3v) is 8.65. The fourth-order valence-electron chi connectivity index (χ4n) is 8.59. The normalized spacial score (nSPS) is 57.6. The Balaban J connectivity index is 1.42. The molecular formula is C20H29NO. The lowest BCUT2D eigenvalue weighted by Gasteiger charge is -2.56. The summed E-state index contributed by atoms with van der Waals surface area (Å²) in [5, 5.41) is 13.7. The molecule has 8 aliphatic rings. The van der Waals surface area contributed by atoms with Gasteiger partial charge in [0.15, 0.2) is 11.3 Å². The molecule has 0 radical (unpaired) electrons. The molecule has 120 valence electrons. The van der Waals surface area contributed by atoms with E-state index in [1.165, 1.54) is 76.3 Å². The van der Waals surface area contributed by atoms with Crippen LogP contribution < -0.4 is 0 Å². The van der Waals surface area contributed by atoms with E-state index in [0.717, 1.165) is 29.6 Å². The van der Waals surface area contributed by atoms with Crippen molar-refractivity contribution in [2.75, 3.05) is 0 Å². The second-order valence-corrected chi connectivity index (χ2v) is 10.2. The summed E-state index contributed by atoms with van der Waals surface area (Å²) in [5.41, 5.74) is 1.47. The molecular weight excluding hydrogens is 270 g/mol. The van der Waals surface area contributed by atoms with Crippen molar-refractivity contribution < 1.29 is 4.74 Å². The van der Waals surface area contributed by atoms with Crippen molar-refractivity contribution in [2.45, 2.75) is 76.2 Å². The van der Waals surface area contributed by atoms with Crippen LogP contribution in [0.25, 0.3) is 0 Å². The Morgan fingerprint density at radius 1 is 0.636 bits per heavy atom. The SMILES string of the molecule is [O-][N+](=C1C2CC3CC(C2)CC1C3)C12CC3CC(CC(C3)C1)C2. The smallest absolute Gasteiger partial charge is 0.173 e. The van der Waals surface area contributed by atoms with Crippen molar-refractivity contribution in [1.29, 1.82) is 0 Å². The molecule has 8 aliphatic carbocycles. The monoisotopic (exact) mass is 299 g/mol. The first-order valence-electron chi connectivity index (χ1n) is 10.0. The summed E-state index contributed by atoms with van der Waals surface area (Å²) < 4.78 is 1.71. The van der Waals surface area contributed by atoms with Crippen molar-refractivity contribution in [2.24, 2.45) is 41.4 Å². The van der Waals surface area contributed by atoms with Crippen molar-refractivity contribution >= 4 is 5.71 Å². The van der Waals surface area contributed by atoms with Gasteiger partial charge in [0, 0.05) is 31.1 Å². The standard InChI is InChI=1S/C20H29NO/c22-21(19-17-5-12-1-13(7-17)8-18(19)6-12)20-9-14-2-15(10-20)4-16(3-14)11-20/h12-18H,1-11H2. The van der Waals surface area contributed by atoms with Gasteiger partial charge in [-0.15, -0.1) is 0 Å². The highest BCUT2D eigenvalue weighted by atomic mass is 16.5. The molecule has 2 heteroatoms. The predicted octanol–water partition coefficient (Wildman–Crippen LogP) is 4.36. The summed E-state index contributed by atoms with van der Waals surface area (Å²) in [4.78, 5) is 0. The third kappa shape index (κ3) is 1.60. The highest BCUT2D eigenvalue weighted by Gasteiger charge is 2.59. The van der Waals surface area contributed by atoms with Crippen LogP contribution in [0.1, 0.15) is 70.6 Å². The average Bonchev–Trinajstić information content (AvgIpc) is 2.44. The summed E-state index contributed by atoms with van der Waals surface area (Å²) in [5.74, 6) is 5.97. The van der Waals surface area contributed by atoms with Gasteiger partial charge < -0.3 is 5.21 Å². The first-order chi connectivity index (χ1) is 10.7. The van der Waals surface area contributed by atoms with E-state index in [9.17, 15) is 5.21 Å². The molecule has 8 saturated carbocycles. The Hall–Kier alpha value is -0.530. The number of hydroxylamine groups is 1. The van der Waals surface area contributed by atoms with Crippen LogP contribution in [-0.2, 0) is 0 Å². The summed E-state index contributed by atoms with van der Waals surface area (Å²) >= 11 is 0. The quantitative estimate of drug-likeness (QED) is 0.401. The number of nitrogens with zero attached hydrogens (tertiary/aromatic N) is 1. The molecule has 22 heavy (non-hydrogen) atoms. The Bertz CT molecular complexity index is 483. The molecule has 0 N–H and O–H groups in total. The Labute approximate surface area is 133 Å². The van der Waals surface area contributed by atoms with Crippen LogP contribution in [0, 0.1) is 46.6 Å². The van der Waals surface area contributed by atoms with E-state index in [1.54, 1.807) is 4.74 Å². The Kier molecular flexibility index (Phi) is 2.40. The van der Waals surface area contributed by atoms with Gasteiger partial charge in [0.2, 0.25) is 0 Å². The summed E-state index contributed by atoms with van der Waals surface area (Å²) in [6.07, 6.45) is 14.9. The van der Waals surface area contributed by atoms with E-state index in [-0.39, 0.29) is 5.54 Å². The molecule has 8 fully saturated rings. The average molecular weight is 299 g/mol. The van der Waals surface area contributed by atoms with E-state index in [4.69, 9.17) is 0 Å². The molecule has 0 atom stereocenters.